The molecule has 0 spiro atoms. The summed E-state index contributed by atoms with van der Waals surface area (Å²) in [5.41, 5.74) is 8.45. The first-order chi connectivity index (χ1) is 15.4. The Morgan fingerprint density at radius 3 is 2.91 bits per heavy atom. The molecule has 32 heavy (non-hydrogen) atoms. The Kier molecular flexibility index (Phi) is 4.93. The fraction of sp³-hybridized carbons (Fsp3) is 0.318. The van der Waals surface area contributed by atoms with Crippen LogP contribution in [0.1, 0.15) is 18.4 Å². The van der Waals surface area contributed by atoms with E-state index in [4.69, 9.17) is 15.2 Å². The van der Waals surface area contributed by atoms with Crippen LogP contribution in [0.15, 0.2) is 24.5 Å². The third-order valence-corrected chi connectivity index (χ3v) is 5.81. The fourth-order valence-electron chi connectivity index (χ4n) is 3.97. The summed E-state index contributed by atoms with van der Waals surface area (Å²) in [4.78, 5) is 20.5. The molecule has 0 unspecified atom stereocenters. The van der Waals surface area contributed by atoms with E-state index in [-0.39, 0.29) is 17.6 Å². The van der Waals surface area contributed by atoms with Crippen molar-refractivity contribution < 1.29 is 23.8 Å². The van der Waals surface area contributed by atoms with Crippen LogP contribution in [0, 0.1) is 12.7 Å². The molecule has 1 fully saturated rings. The number of hydrogen-bond acceptors (Lipinski definition) is 8. The van der Waals surface area contributed by atoms with Gasteiger partial charge in [0.1, 0.15) is 24.2 Å². The summed E-state index contributed by atoms with van der Waals surface area (Å²) in [6.45, 7) is 3.02. The molecule has 10 heteroatoms. The molecule has 0 saturated heterocycles. The van der Waals surface area contributed by atoms with Gasteiger partial charge in [0.25, 0.3) is 0 Å². The third kappa shape index (κ3) is 3.52. The van der Waals surface area contributed by atoms with Crippen molar-refractivity contribution in [3.8, 4) is 17.0 Å². The van der Waals surface area contributed by atoms with E-state index in [1.165, 1.54) is 6.20 Å². The molecular formula is C22H22FN5O4. The smallest absolute Gasteiger partial charge is 0.413 e. The second kappa shape index (κ2) is 7.79. The van der Waals surface area contributed by atoms with Crippen molar-refractivity contribution in [1.29, 1.82) is 0 Å². The van der Waals surface area contributed by atoms with E-state index < -0.39 is 18.0 Å². The molecule has 0 atom stereocenters. The van der Waals surface area contributed by atoms with Crippen molar-refractivity contribution in [2.45, 2.75) is 32.0 Å². The molecule has 5 N–H and O–H groups in total. The van der Waals surface area contributed by atoms with Gasteiger partial charge in [-0.2, -0.15) is 0 Å². The molecule has 2 aromatic heterocycles. The Morgan fingerprint density at radius 2 is 2.12 bits per heavy atom. The van der Waals surface area contributed by atoms with Crippen LogP contribution in [-0.4, -0.2) is 46.5 Å². The van der Waals surface area contributed by atoms with E-state index >= 15 is 4.39 Å². The quantitative estimate of drug-likeness (QED) is 0.458. The molecule has 3 heterocycles. The lowest BCUT2D eigenvalue weighted by molar-refractivity contribution is -0.0308. The zero-order valence-corrected chi connectivity index (χ0v) is 17.3. The summed E-state index contributed by atoms with van der Waals surface area (Å²) in [7, 11) is 0. The average molecular weight is 439 g/mol. The molecule has 0 bridgehead atoms. The van der Waals surface area contributed by atoms with E-state index in [0.717, 1.165) is 11.3 Å². The fourth-order valence-corrected chi connectivity index (χ4v) is 3.97. The summed E-state index contributed by atoms with van der Waals surface area (Å²) < 4.78 is 26.0. The molecule has 1 aliphatic carbocycles. The molecule has 0 radical (unpaired) electrons. The number of aliphatic hydroxyl groups is 1. The van der Waals surface area contributed by atoms with Crippen LogP contribution in [0.25, 0.3) is 21.9 Å². The molecule has 3 aromatic rings. The summed E-state index contributed by atoms with van der Waals surface area (Å²) in [5.74, 6) is 0.166. The van der Waals surface area contributed by atoms with Gasteiger partial charge in [-0.05, 0) is 30.0 Å². The highest BCUT2D eigenvalue weighted by molar-refractivity contribution is 5.99. The van der Waals surface area contributed by atoms with Crippen molar-refractivity contribution in [2.75, 3.05) is 29.5 Å². The second-order valence-corrected chi connectivity index (χ2v) is 7.97. The molecule has 9 nitrogen and oxygen atoms in total. The van der Waals surface area contributed by atoms with Gasteiger partial charge in [0, 0.05) is 48.3 Å². The number of aliphatic hydroxyl groups excluding tert-OH is 1. The average Bonchev–Trinajstić information content (AvgIpc) is 2.76. The Bertz CT molecular complexity index is 1230. The highest BCUT2D eigenvalue weighted by Gasteiger charge is 2.30. The largest absolute Gasteiger partial charge is 0.474 e. The highest BCUT2D eigenvalue weighted by Crippen LogP contribution is 2.39. The van der Waals surface area contributed by atoms with E-state index in [2.05, 4.69) is 20.6 Å². The van der Waals surface area contributed by atoms with Crippen LogP contribution in [0.2, 0.25) is 0 Å². The zero-order valence-electron chi connectivity index (χ0n) is 17.3. The molecule has 1 aromatic carbocycles. The standard InChI is InChI=1S/C22H22FN5O4/c1-10-15(8-27-21-20(10)25-2-3-31-21)14-4-11-5-17(26-9-16(11)19(24)18(14)23)28-22(30)32-13-6-12(29)7-13/h4-5,8-9,12-13,25,29H,2-3,6-7,24H2,1H3,(H,26,28,30)/t12-,13+. The van der Waals surface area contributed by atoms with Crippen LogP contribution >= 0.6 is 0 Å². The molecule has 1 aliphatic heterocycles. The predicted octanol–water partition coefficient (Wildman–Crippen LogP) is 3.20. The highest BCUT2D eigenvalue weighted by atomic mass is 19.1. The summed E-state index contributed by atoms with van der Waals surface area (Å²) >= 11 is 0. The lowest BCUT2D eigenvalue weighted by Crippen LogP contribution is -2.37. The number of halogens is 1. The maximum Gasteiger partial charge on any atom is 0.413 e. The molecule has 166 valence electrons. The number of pyridine rings is 2. The molecule has 2 aliphatic rings. The van der Waals surface area contributed by atoms with Gasteiger partial charge in [-0.15, -0.1) is 0 Å². The number of hydrogen-bond donors (Lipinski definition) is 4. The first-order valence-corrected chi connectivity index (χ1v) is 10.3. The van der Waals surface area contributed by atoms with Crippen LogP contribution in [0.5, 0.6) is 5.88 Å². The van der Waals surface area contributed by atoms with Crippen molar-refractivity contribution in [1.82, 2.24) is 9.97 Å². The number of nitrogens with zero attached hydrogens (tertiary/aromatic N) is 2. The minimum absolute atomic E-state index is 0.0380. The van der Waals surface area contributed by atoms with Gasteiger partial charge < -0.3 is 25.6 Å². The number of fused-ring (bicyclic) bond motifs is 2. The van der Waals surface area contributed by atoms with Crippen LogP contribution in [0.3, 0.4) is 0 Å². The normalized spacial score (nSPS) is 19.3. The van der Waals surface area contributed by atoms with E-state index in [0.29, 0.717) is 53.8 Å². The third-order valence-electron chi connectivity index (χ3n) is 5.81. The number of aromatic nitrogens is 2. The number of nitrogen functional groups attached to an aromatic ring is 1. The number of benzene rings is 1. The molecule has 1 saturated carbocycles. The number of ether oxygens (including phenoxy) is 2. The van der Waals surface area contributed by atoms with Crippen LogP contribution in [-0.2, 0) is 4.74 Å². The predicted molar refractivity (Wildman–Crippen MR) is 117 cm³/mol. The lowest BCUT2D eigenvalue weighted by Gasteiger charge is -2.30. The van der Waals surface area contributed by atoms with Crippen molar-refractivity contribution in [2.24, 2.45) is 0 Å². The first-order valence-electron chi connectivity index (χ1n) is 10.3. The van der Waals surface area contributed by atoms with Crippen LogP contribution in [0.4, 0.5) is 26.4 Å². The molecular weight excluding hydrogens is 417 g/mol. The topological polar surface area (TPSA) is 132 Å². The van der Waals surface area contributed by atoms with Crippen molar-refractivity contribution in [3.05, 3.63) is 35.9 Å². The van der Waals surface area contributed by atoms with Gasteiger partial charge in [-0.1, -0.05) is 0 Å². The number of carbonyl (C=O) groups is 1. The van der Waals surface area contributed by atoms with Gasteiger partial charge in [0.2, 0.25) is 5.88 Å². The Labute approximate surface area is 182 Å². The number of anilines is 3. The van der Waals surface area contributed by atoms with Crippen molar-refractivity contribution >= 4 is 34.1 Å². The summed E-state index contributed by atoms with van der Waals surface area (Å²) in [6.07, 6.45) is 2.43. The summed E-state index contributed by atoms with van der Waals surface area (Å²) in [6, 6.07) is 3.26. The zero-order chi connectivity index (χ0) is 22.4. The first kappa shape index (κ1) is 20.3. The SMILES string of the molecule is Cc1c(-c2cc3cc(NC(=O)O[C@H]4C[C@@H](O)C4)ncc3c(N)c2F)cnc2c1NCCO2. The number of nitrogens with two attached hydrogens (primary N) is 1. The van der Waals surface area contributed by atoms with Crippen molar-refractivity contribution in [3.63, 3.8) is 0 Å². The minimum atomic E-state index is -0.662. The van der Waals surface area contributed by atoms with Gasteiger partial charge in [0.15, 0.2) is 5.82 Å². The van der Waals surface area contributed by atoms with Gasteiger partial charge in [0.05, 0.1) is 11.8 Å². The van der Waals surface area contributed by atoms with E-state index in [1.807, 2.05) is 6.92 Å². The molecule has 1 amide bonds. The van der Waals surface area contributed by atoms with Gasteiger partial charge >= 0.3 is 6.09 Å². The summed E-state index contributed by atoms with van der Waals surface area (Å²) in [5, 5.41) is 16.1. The van der Waals surface area contributed by atoms with Gasteiger partial charge in [-0.25, -0.2) is 19.2 Å². The van der Waals surface area contributed by atoms with Gasteiger partial charge in [-0.3, -0.25) is 5.32 Å². The number of amides is 1. The van der Waals surface area contributed by atoms with Crippen LogP contribution < -0.4 is 21.1 Å². The maximum atomic E-state index is 15.2. The van der Waals surface area contributed by atoms with E-state index in [1.54, 1.807) is 18.3 Å². The monoisotopic (exact) mass is 439 g/mol. The molecule has 5 rings (SSSR count). The number of nitrogens with one attached hydrogen (secondary N) is 2. The minimum Gasteiger partial charge on any atom is -0.474 e. The lowest BCUT2D eigenvalue weighted by atomic mass is 9.92. The Balaban J connectivity index is 1.49. The Hall–Kier alpha value is -3.66. The second-order valence-electron chi connectivity index (χ2n) is 7.97. The van der Waals surface area contributed by atoms with E-state index in [9.17, 15) is 9.90 Å². The Morgan fingerprint density at radius 1 is 1.31 bits per heavy atom. The maximum absolute atomic E-state index is 15.2. The number of rotatable bonds is 3. The number of carbonyl (C=O) groups excluding carboxylic acids is 1.